The van der Waals surface area contributed by atoms with E-state index in [2.05, 4.69) is 0 Å². The Morgan fingerprint density at radius 3 is 2.54 bits per heavy atom. The van der Waals surface area contributed by atoms with Gasteiger partial charge in [-0.1, -0.05) is 13.0 Å². The van der Waals surface area contributed by atoms with E-state index in [4.69, 9.17) is 14.2 Å². The number of hydrogen-bond acceptors (Lipinski definition) is 7. The van der Waals surface area contributed by atoms with Crippen LogP contribution in [0.25, 0.3) is 0 Å². The van der Waals surface area contributed by atoms with Crippen LogP contribution in [0.2, 0.25) is 0 Å². The maximum absolute atomic E-state index is 17.3. The second kappa shape index (κ2) is 7.29. The molecule has 0 aromatic carbocycles. The normalized spacial score (nSPS) is 49.4. The van der Waals surface area contributed by atoms with Crippen LogP contribution in [0.1, 0.15) is 53.9 Å². The molecule has 1 heterocycles. The Morgan fingerprint density at radius 1 is 1.20 bits per heavy atom. The number of fused-ring (bicyclic) bond motifs is 7. The quantitative estimate of drug-likeness (QED) is 0.603. The van der Waals surface area contributed by atoms with Crippen LogP contribution >= 0.6 is 0 Å². The largest absolute Gasteiger partial charge is 0.458 e. The van der Waals surface area contributed by atoms with Gasteiger partial charge >= 0.3 is 5.97 Å². The van der Waals surface area contributed by atoms with Crippen LogP contribution < -0.4 is 0 Å². The third kappa shape index (κ3) is 2.95. The number of ether oxygens (including phenoxy) is 3. The molecule has 3 saturated carbocycles. The molecule has 9 heteroatoms. The molecule has 0 spiro atoms. The first-order chi connectivity index (χ1) is 16.1. The first-order valence-corrected chi connectivity index (χ1v) is 12.1. The molecule has 0 aromatic rings. The highest BCUT2D eigenvalue weighted by molar-refractivity contribution is 6.01. The van der Waals surface area contributed by atoms with Crippen molar-refractivity contribution in [2.45, 2.75) is 89.3 Å². The summed E-state index contributed by atoms with van der Waals surface area (Å²) in [6.07, 6.45) is -0.345. The Balaban J connectivity index is 1.62. The third-order valence-electron chi connectivity index (χ3n) is 9.44. The molecule has 9 atom stereocenters. The number of aliphatic hydroxyl groups is 1. The van der Waals surface area contributed by atoms with Crippen molar-refractivity contribution in [3.05, 3.63) is 23.8 Å². The molecule has 4 fully saturated rings. The number of rotatable bonds is 3. The van der Waals surface area contributed by atoms with Crippen molar-refractivity contribution in [2.75, 3.05) is 6.61 Å². The van der Waals surface area contributed by atoms with E-state index in [1.54, 1.807) is 20.8 Å². The van der Waals surface area contributed by atoms with Crippen LogP contribution in [-0.4, -0.2) is 64.7 Å². The molecule has 0 amide bonds. The summed E-state index contributed by atoms with van der Waals surface area (Å²) in [7, 11) is 0. The Kier molecular flexibility index (Phi) is 5.15. The fourth-order valence-electron chi connectivity index (χ4n) is 8.08. The van der Waals surface area contributed by atoms with Gasteiger partial charge in [0.2, 0.25) is 5.78 Å². The number of allylic oxidation sites excluding steroid dienone is 4. The van der Waals surface area contributed by atoms with Crippen molar-refractivity contribution in [3.63, 3.8) is 0 Å². The monoisotopic (exact) mass is 494 g/mol. The summed E-state index contributed by atoms with van der Waals surface area (Å²) in [6.45, 7) is 7.28. The predicted molar refractivity (Wildman–Crippen MR) is 118 cm³/mol. The number of esters is 1. The van der Waals surface area contributed by atoms with Gasteiger partial charge in [-0.2, -0.15) is 0 Å². The molecule has 3 unspecified atom stereocenters. The molecule has 5 aliphatic rings. The predicted octanol–water partition coefficient (Wildman–Crippen LogP) is 2.94. The molecule has 192 valence electrons. The van der Waals surface area contributed by atoms with Gasteiger partial charge in [-0.05, 0) is 63.7 Å². The Labute approximate surface area is 202 Å². The Hall–Kier alpha value is -1.97. The summed E-state index contributed by atoms with van der Waals surface area (Å²) < 4.78 is 50.3. The molecule has 0 radical (unpaired) electrons. The van der Waals surface area contributed by atoms with Crippen LogP contribution in [-0.2, 0) is 28.6 Å². The zero-order valence-electron chi connectivity index (χ0n) is 20.6. The van der Waals surface area contributed by atoms with E-state index in [0.717, 1.165) is 6.08 Å². The summed E-state index contributed by atoms with van der Waals surface area (Å²) in [5.41, 5.74) is -6.46. The number of aliphatic hydroxyl groups excluding tert-OH is 1. The van der Waals surface area contributed by atoms with Gasteiger partial charge in [0.05, 0.1) is 12.2 Å². The van der Waals surface area contributed by atoms with E-state index >= 15 is 8.78 Å². The number of halogens is 2. The van der Waals surface area contributed by atoms with Crippen LogP contribution in [0.3, 0.4) is 0 Å². The Morgan fingerprint density at radius 2 is 1.89 bits per heavy atom. The van der Waals surface area contributed by atoms with E-state index in [-0.39, 0.29) is 24.8 Å². The van der Waals surface area contributed by atoms with Gasteiger partial charge in [-0.3, -0.25) is 14.4 Å². The van der Waals surface area contributed by atoms with Crippen molar-refractivity contribution in [1.29, 1.82) is 0 Å². The fraction of sp³-hybridized carbons (Fsp3) is 0.731. The first kappa shape index (κ1) is 24.7. The van der Waals surface area contributed by atoms with Gasteiger partial charge in [-0.15, -0.1) is 0 Å². The van der Waals surface area contributed by atoms with Gasteiger partial charge in [0, 0.05) is 23.7 Å². The summed E-state index contributed by atoms with van der Waals surface area (Å²) in [6, 6.07) is 0. The first-order valence-electron chi connectivity index (χ1n) is 12.1. The molecular weight excluding hydrogens is 462 g/mol. The van der Waals surface area contributed by atoms with Gasteiger partial charge in [0.15, 0.2) is 29.4 Å². The second-order valence-electron chi connectivity index (χ2n) is 11.6. The molecule has 0 aromatic heterocycles. The lowest BCUT2D eigenvalue weighted by Crippen LogP contribution is -2.71. The summed E-state index contributed by atoms with van der Waals surface area (Å²) in [4.78, 5) is 37.1. The van der Waals surface area contributed by atoms with Crippen LogP contribution in [0.4, 0.5) is 8.78 Å². The van der Waals surface area contributed by atoms with Gasteiger partial charge in [0.1, 0.15) is 6.17 Å². The highest BCUT2D eigenvalue weighted by atomic mass is 19.1. The smallest absolute Gasteiger partial charge is 0.303 e. The maximum atomic E-state index is 17.3. The number of ketones is 2. The van der Waals surface area contributed by atoms with Gasteiger partial charge in [-0.25, -0.2) is 8.78 Å². The number of alkyl halides is 2. The zero-order chi connectivity index (χ0) is 25.8. The number of carbonyl (C=O) groups excluding carboxylic acids is 3. The fourth-order valence-corrected chi connectivity index (χ4v) is 8.08. The average molecular weight is 495 g/mol. The molecule has 7 nitrogen and oxygen atoms in total. The Bertz CT molecular complexity index is 1070. The number of Topliss-reactive ketones (excluding diaryl/α,β-unsaturated/α-hetero) is 1. The molecule has 1 aliphatic heterocycles. The minimum absolute atomic E-state index is 0.0406. The summed E-state index contributed by atoms with van der Waals surface area (Å²) in [5, 5.41) is 11.5. The minimum atomic E-state index is -2.27. The van der Waals surface area contributed by atoms with E-state index in [9.17, 15) is 19.5 Å². The highest BCUT2D eigenvalue weighted by Gasteiger charge is 2.80. The highest BCUT2D eigenvalue weighted by Crippen LogP contribution is 2.72. The van der Waals surface area contributed by atoms with Crippen molar-refractivity contribution in [1.82, 2.24) is 0 Å². The molecule has 1 saturated heterocycles. The van der Waals surface area contributed by atoms with Crippen LogP contribution in [0.15, 0.2) is 23.8 Å². The number of carbonyl (C=O) groups is 3. The van der Waals surface area contributed by atoms with E-state index in [1.807, 2.05) is 0 Å². The minimum Gasteiger partial charge on any atom is -0.458 e. The van der Waals surface area contributed by atoms with Crippen molar-refractivity contribution < 1.29 is 42.5 Å². The lowest BCUT2D eigenvalue weighted by Gasteiger charge is -2.63. The lowest BCUT2D eigenvalue weighted by molar-refractivity contribution is -0.249. The molecule has 4 aliphatic carbocycles. The van der Waals surface area contributed by atoms with Gasteiger partial charge < -0.3 is 19.3 Å². The van der Waals surface area contributed by atoms with Crippen molar-refractivity contribution >= 4 is 17.5 Å². The average Bonchev–Trinajstić information content (AvgIpc) is 3.16. The van der Waals surface area contributed by atoms with E-state index < -0.39 is 82.2 Å². The van der Waals surface area contributed by atoms with E-state index in [0.29, 0.717) is 0 Å². The molecule has 0 bridgehead atoms. The van der Waals surface area contributed by atoms with Crippen molar-refractivity contribution in [2.24, 2.45) is 22.7 Å². The third-order valence-corrected chi connectivity index (χ3v) is 9.44. The van der Waals surface area contributed by atoms with E-state index in [1.165, 1.54) is 26.0 Å². The standard InChI is InChI=1S/C26H32F2O7/c1-13(29)33-12-20(32)26-21(34-22(2,3)35-26)10-15-16-9-18(27)17-8-14(30)6-7-23(17,4)25(16,28)19(31)11-24(15,26)5/h6-8,15-16,18-19,21,31H,9-12H2,1-5H3/t15-,16-,18-,19-,21+,23?,24?,25-,26?/m0/s1. The molecule has 5 rings (SSSR count). The van der Waals surface area contributed by atoms with Crippen molar-refractivity contribution in [3.8, 4) is 0 Å². The lowest BCUT2D eigenvalue weighted by atomic mass is 9.44. The SMILES string of the molecule is CC(=O)OCC(=O)C12OC(C)(C)O[C@@H]1C[C@H]1[C@@H]3C[C@H](F)C4=CC(=O)C=CC4(C)[C@@]3(F)[C@@H](O)CC12C. The second-order valence-corrected chi connectivity index (χ2v) is 11.6. The zero-order valence-corrected chi connectivity index (χ0v) is 20.6. The molecule has 1 N–H and O–H groups in total. The van der Waals surface area contributed by atoms with Crippen LogP contribution in [0.5, 0.6) is 0 Å². The summed E-state index contributed by atoms with van der Waals surface area (Å²) in [5.74, 6) is -4.23. The topological polar surface area (TPSA) is 99.1 Å². The maximum Gasteiger partial charge on any atom is 0.303 e. The van der Waals surface area contributed by atoms with Gasteiger partial charge in [0.25, 0.3) is 0 Å². The molecule has 35 heavy (non-hydrogen) atoms. The number of hydrogen-bond donors (Lipinski definition) is 1. The molecular formula is C26H32F2O7. The van der Waals surface area contributed by atoms with Crippen LogP contribution in [0, 0.1) is 22.7 Å². The summed E-state index contributed by atoms with van der Waals surface area (Å²) >= 11 is 0.